The predicted octanol–water partition coefficient (Wildman–Crippen LogP) is 4.06. The molecule has 86 valence electrons. The van der Waals surface area contributed by atoms with Crippen molar-refractivity contribution in [3.05, 3.63) is 33.8 Å². The Morgan fingerprint density at radius 1 is 1.44 bits per heavy atom. The second-order valence-electron chi connectivity index (χ2n) is 3.52. The highest BCUT2D eigenvalue weighted by molar-refractivity contribution is 6.33. The third kappa shape index (κ3) is 3.72. The van der Waals surface area contributed by atoms with Crippen molar-refractivity contribution in [3.8, 4) is 12.3 Å². The van der Waals surface area contributed by atoms with Crippen LogP contribution in [0.3, 0.4) is 0 Å². The maximum atomic E-state index is 6.16. The lowest BCUT2D eigenvalue weighted by molar-refractivity contribution is 0.523. The molecule has 0 amide bonds. The summed E-state index contributed by atoms with van der Waals surface area (Å²) in [6.45, 7) is 2.93. The summed E-state index contributed by atoms with van der Waals surface area (Å²) in [7, 11) is 0. The third-order valence-corrected chi connectivity index (χ3v) is 2.94. The monoisotopic (exact) mass is 255 g/mol. The summed E-state index contributed by atoms with van der Waals surface area (Å²) < 4.78 is 0. The van der Waals surface area contributed by atoms with Gasteiger partial charge in [-0.05, 0) is 36.7 Å². The summed E-state index contributed by atoms with van der Waals surface area (Å²) in [6, 6.07) is 5.68. The van der Waals surface area contributed by atoms with Gasteiger partial charge in [-0.3, -0.25) is 0 Å². The van der Waals surface area contributed by atoms with E-state index in [2.05, 4.69) is 18.2 Å². The smallest absolute Gasteiger partial charge is 0.0454 e. The van der Waals surface area contributed by atoms with E-state index in [0.717, 1.165) is 30.0 Å². The van der Waals surface area contributed by atoms with E-state index in [0.29, 0.717) is 5.02 Å². The minimum Gasteiger partial charge on any atom is -0.310 e. The van der Waals surface area contributed by atoms with Crippen LogP contribution in [0.2, 0.25) is 10.0 Å². The Labute approximate surface area is 107 Å². The van der Waals surface area contributed by atoms with Gasteiger partial charge in [0.25, 0.3) is 0 Å². The Kier molecular flexibility index (Phi) is 5.69. The van der Waals surface area contributed by atoms with Crippen molar-refractivity contribution < 1.29 is 0 Å². The molecule has 1 unspecified atom stereocenters. The fraction of sp³-hybridized carbons (Fsp3) is 0.385. The van der Waals surface area contributed by atoms with Crippen LogP contribution in [0.1, 0.15) is 31.4 Å². The van der Waals surface area contributed by atoms with Crippen molar-refractivity contribution in [1.29, 1.82) is 0 Å². The second-order valence-corrected chi connectivity index (χ2v) is 4.36. The zero-order valence-corrected chi connectivity index (χ0v) is 10.8. The Hall–Kier alpha value is -0.680. The summed E-state index contributed by atoms with van der Waals surface area (Å²) >= 11 is 12.1. The maximum absolute atomic E-state index is 6.16. The number of nitrogens with one attached hydrogen (secondary N) is 1. The highest BCUT2D eigenvalue weighted by atomic mass is 35.5. The molecular formula is C13H15Cl2N. The Morgan fingerprint density at radius 2 is 2.19 bits per heavy atom. The van der Waals surface area contributed by atoms with Crippen LogP contribution in [0, 0.1) is 12.3 Å². The molecule has 0 saturated heterocycles. The van der Waals surface area contributed by atoms with Gasteiger partial charge in [0.15, 0.2) is 0 Å². The molecule has 0 aliphatic rings. The van der Waals surface area contributed by atoms with Crippen LogP contribution in [0.4, 0.5) is 0 Å². The summed E-state index contributed by atoms with van der Waals surface area (Å²) in [5, 5.41) is 4.79. The maximum Gasteiger partial charge on any atom is 0.0454 e. The fourth-order valence-electron chi connectivity index (χ4n) is 1.62. The van der Waals surface area contributed by atoms with Gasteiger partial charge < -0.3 is 5.32 Å². The molecule has 0 aliphatic carbocycles. The van der Waals surface area contributed by atoms with E-state index in [1.807, 2.05) is 12.1 Å². The van der Waals surface area contributed by atoms with Crippen LogP contribution in [-0.4, -0.2) is 6.54 Å². The molecule has 1 nitrogen and oxygen atoms in total. The van der Waals surface area contributed by atoms with Gasteiger partial charge in [0.1, 0.15) is 0 Å². The number of hydrogen-bond donors (Lipinski definition) is 1. The molecule has 1 atom stereocenters. The summed E-state index contributed by atoms with van der Waals surface area (Å²) in [5.74, 6) is 2.64. The summed E-state index contributed by atoms with van der Waals surface area (Å²) in [6.07, 6.45) is 6.87. The molecular weight excluding hydrogens is 241 g/mol. The van der Waals surface area contributed by atoms with Crippen LogP contribution in [0.5, 0.6) is 0 Å². The van der Waals surface area contributed by atoms with Crippen molar-refractivity contribution in [2.45, 2.75) is 25.8 Å². The average Bonchev–Trinajstić information content (AvgIpc) is 2.28. The molecule has 0 aliphatic heterocycles. The van der Waals surface area contributed by atoms with E-state index < -0.39 is 0 Å². The van der Waals surface area contributed by atoms with Crippen LogP contribution >= 0.6 is 23.2 Å². The molecule has 1 rings (SSSR count). The zero-order valence-electron chi connectivity index (χ0n) is 9.26. The molecule has 1 aromatic rings. The fourth-order valence-corrected chi connectivity index (χ4v) is 2.05. The molecule has 0 bridgehead atoms. The lowest BCUT2D eigenvalue weighted by atomic mass is 10.0. The van der Waals surface area contributed by atoms with Crippen molar-refractivity contribution in [3.63, 3.8) is 0 Å². The standard InChI is InChI=1S/C13H15Cl2N/c1-3-5-6-13(16-4-2)11-9-10(14)7-8-12(11)15/h1,7-9,13,16H,4-6H2,2H3. The van der Waals surface area contributed by atoms with Crippen molar-refractivity contribution in [2.24, 2.45) is 0 Å². The highest BCUT2D eigenvalue weighted by Gasteiger charge is 2.13. The normalized spacial score (nSPS) is 12.1. The van der Waals surface area contributed by atoms with Gasteiger partial charge in [-0.25, -0.2) is 0 Å². The van der Waals surface area contributed by atoms with Crippen molar-refractivity contribution in [2.75, 3.05) is 6.54 Å². The van der Waals surface area contributed by atoms with Crippen LogP contribution in [0.15, 0.2) is 18.2 Å². The minimum atomic E-state index is 0.173. The predicted molar refractivity (Wildman–Crippen MR) is 70.9 cm³/mol. The quantitative estimate of drug-likeness (QED) is 0.783. The molecule has 3 heteroatoms. The first-order chi connectivity index (χ1) is 7.69. The molecule has 1 N–H and O–H groups in total. The Bertz CT molecular complexity index is 382. The van der Waals surface area contributed by atoms with Gasteiger partial charge in [0.2, 0.25) is 0 Å². The van der Waals surface area contributed by atoms with E-state index >= 15 is 0 Å². The average molecular weight is 256 g/mol. The van der Waals surface area contributed by atoms with Gasteiger partial charge in [0, 0.05) is 22.5 Å². The number of benzene rings is 1. The van der Waals surface area contributed by atoms with Gasteiger partial charge >= 0.3 is 0 Å². The van der Waals surface area contributed by atoms with E-state index in [9.17, 15) is 0 Å². The third-order valence-electron chi connectivity index (χ3n) is 2.36. The van der Waals surface area contributed by atoms with Crippen molar-refractivity contribution >= 4 is 23.2 Å². The minimum absolute atomic E-state index is 0.173. The summed E-state index contributed by atoms with van der Waals surface area (Å²) in [5.41, 5.74) is 1.02. The molecule has 0 saturated carbocycles. The van der Waals surface area contributed by atoms with Gasteiger partial charge in [-0.2, -0.15) is 0 Å². The molecule has 0 aromatic heterocycles. The lowest BCUT2D eigenvalue weighted by Crippen LogP contribution is -2.21. The number of terminal acetylenes is 1. The molecule has 0 radical (unpaired) electrons. The first-order valence-electron chi connectivity index (χ1n) is 5.30. The molecule has 0 heterocycles. The molecule has 1 aromatic carbocycles. The Balaban J connectivity index is 2.91. The van der Waals surface area contributed by atoms with Gasteiger partial charge in [0.05, 0.1) is 0 Å². The SMILES string of the molecule is C#CCCC(NCC)c1cc(Cl)ccc1Cl. The summed E-state index contributed by atoms with van der Waals surface area (Å²) in [4.78, 5) is 0. The topological polar surface area (TPSA) is 12.0 Å². The largest absolute Gasteiger partial charge is 0.310 e. The van der Waals surface area contributed by atoms with Crippen LogP contribution < -0.4 is 5.32 Å². The highest BCUT2D eigenvalue weighted by Crippen LogP contribution is 2.28. The zero-order chi connectivity index (χ0) is 12.0. The first kappa shape index (κ1) is 13.4. The van der Waals surface area contributed by atoms with Gasteiger partial charge in [-0.15, -0.1) is 12.3 Å². The molecule has 16 heavy (non-hydrogen) atoms. The van der Waals surface area contributed by atoms with Crippen LogP contribution in [-0.2, 0) is 0 Å². The molecule has 0 spiro atoms. The first-order valence-corrected chi connectivity index (χ1v) is 6.06. The van der Waals surface area contributed by atoms with E-state index in [1.165, 1.54) is 0 Å². The van der Waals surface area contributed by atoms with Crippen molar-refractivity contribution in [1.82, 2.24) is 5.32 Å². The van der Waals surface area contributed by atoms with E-state index in [-0.39, 0.29) is 6.04 Å². The molecule has 0 fully saturated rings. The number of halogens is 2. The van der Waals surface area contributed by atoms with Crippen LogP contribution in [0.25, 0.3) is 0 Å². The number of hydrogen-bond acceptors (Lipinski definition) is 1. The van der Waals surface area contributed by atoms with Gasteiger partial charge in [-0.1, -0.05) is 30.1 Å². The second kappa shape index (κ2) is 6.81. The Morgan fingerprint density at radius 3 is 2.81 bits per heavy atom. The van der Waals surface area contributed by atoms with E-state index in [1.54, 1.807) is 6.07 Å². The lowest BCUT2D eigenvalue weighted by Gasteiger charge is -2.18. The number of rotatable bonds is 5. The van der Waals surface area contributed by atoms with E-state index in [4.69, 9.17) is 29.6 Å².